The van der Waals surface area contributed by atoms with Gasteiger partial charge in [0.1, 0.15) is 11.5 Å². The van der Waals surface area contributed by atoms with Crippen molar-refractivity contribution in [1.82, 2.24) is 0 Å². The van der Waals surface area contributed by atoms with E-state index in [0.29, 0.717) is 17.7 Å². The monoisotopic (exact) mass is 254 g/mol. The molecule has 0 aromatic heterocycles. The lowest BCUT2D eigenvalue weighted by molar-refractivity contribution is 0.0993. The summed E-state index contributed by atoms with van der Waals surface area (Å²) in [7, 11) is 0. The topological polar surface area (TPSA) is 26.3 Å². The number of carbonyl (C=O) groups excluding carboxylic acids is 1. The van der Waals surface area contributed by atoms with Crippen LogP contribution in [0.25, 0.3) is 0 Å². The summed E-state index contributed by atoms with van der Waals surface area (Å²) in [5, 5.41) is 0. The number of ether oxygens (including phenoxy) is 1. The maximum Gasteiger partial charge on any atom is 0.171 e. The number of hydrogen-bond donors (Lipinski definition) is 0. The molecule has 0 amide bonds. The number of carbonyl (C=O) groups is 1. The first-order valence-electron chi connectivity index (χ1n) is 6.64. The molecule has 2 heteroatoms. The van der Waals surface area contributed by atoms with Crippen LogP contribution in [0.1, 0.15) is 35.3 Å². The average Bonchev–Trinajstić information content (AvgIpc) is 2.59. The van der Waals surface area contributed by atoms with Gasteiger partial charge in [-0.15, -0.1) is 0 Å². The number of benzene rings is 2. The molecule has 0 fully saturated rings. The van der Waals surface area contributed by atoms with Gasteiger partial charge in [0, 0.05) is 12.0 Å². The summed E-state index contributed by atoms with van der Waals surface area (Å²) < 4.78 is 5.88. The fraction of sp³-hybridized carbons (Fsp3) is 0.235. The van der Waals surface area contributed by atoms with Gasteiger partial charge in [0.25, 0.3) is 0 Å². The molecule has 98 valence electrons. The highest BCUT2D eigenvalue weighted by Gasteiger charge is 2.21. The molecule has 0 spiro atoms. The van der Waals surface area contributed by atoms with E-state index in [-0.39, 0.29) is 5.78 Å². The van der Waals surface area contributed by atoms with Crippen LogP contribution < -0.4 is 4.74 Å². The highest BCUT2D eigenvalue weighted by molar-refractivity contribution is 6.01. The zero-order valence-corrected chi connectivity index (χ0v) is 11.6. The molecule has 0 atom stereocenters. The molecule has 0 bridgehead atoms. The number of Topliss-reactive ketones (excluding diaryl/α,β-unsaturated/α-hetero) is 1. The first-order chi connectivity index (χ1) is 9.25. The van der Waals surface area contributed by atoms with E-state index in [4.69, 9.17) is 4.74 Å². The molecule has 0 radical (unpaired) electrons. The molecule has 0 N–H and O–H groups in total. The van der Waals surface area contributed by atoms with Gasteiger partial charge in [0.15, 0.2) is 5.78 Å². The molecule has 0 unspecified atom stereocenters. The lowest BCUT2D eigenvalue weighted by Gasteiger charge is -2.10. The second-order valence-electron chi connectivity index (χ2n) is 4.26. The molecule has 0 saturated carbocycles. The summed E-state index contributed by atoms with van der Waals surface area (Å²) in [4.78, 5) is 12.1. The lowest BCUT2D eigenvalue weighted by atomic mass is 10.0. The fourth-order valence-electron chi connectivity index (χ4n) is 2.14. The zero-order valence-electron chi connectivity index (χ0n) is 11.6. The van der Waals surface area contributed by atoms with E-state index in [1.54, 1.807) is 0 Å². The van der Waals surface area contributed by atoms with Crippen LogP contribution in [0.15, 0.2) is 42.5 Å². The maximum absolute atomic E-state index is 12.1. The van der Waals surface area contributed by atoms with Gasteiger partial charge in [-0.1, -0.05) is 44.2 Å². The molecule has 19 heavy (non-hydrogen) atoms. The third-order valence-corrected chi connectivity index (χ3v) is 3.05. The van der Waals surface area contributed by atoms with Crippen molar-refractivity contribution in [3.63, 3.8) is 0 Å². The molecular weight excluding hydrogens is 236 g/mol. The Kier molecular flexibility index (Phi) is 4.00. The van der Waals surface area contributed by atoms with Gasteiger partial charge in [0.2, 0.25) is 0 Å². The Hall–Kier alpha value is -2.09. The molecule has 1 heterocycles. The highest BCUT2D eigenvalue weighted by atomic mass is 16.5. The van der Waals surface area contributed by atoms with Crippen LogP contribution in [-0.4, -0.2) is 5.78 Å². The summed E-state index contributed by atoms with van der Waals surface area (Å²) in [6.07, 6.45) is 0.409. The Morgan fingerprint density at radius 2 is 1.74 bits per heavy atom. The molecular formula is C17H18O2. The Labute approximate surface area is 114 Å². The highest BCUT2D eigenvalue weighted by Crippen LogP contribution is 2.35. The van der Waals surface area contributed by atoms with Crippen LogP contribution in [-0.2, 0) is 6.42 Å². The summed E-state index contributed by atoms with van der Waals surface area (Å²) in [5.74, 6) is 1.60. The van der Waals surface area contributed by atoms with Crippen molar-refractivity contribution in [1.29, 1.82) is 0 Å². The first-order valence-corrected chi connectivity index (χ1v) is 6.64. The first kappa shape index (κ1) is 13.3. The van der Waals surface area contributed by atoms with Crippen molar-refractivity contribution >= 4 is 5.78 Å². The van der Waals surface area contributed by atoms with Crippen LogP contribution in [0.2, 0.25) is 0 Å². The molecule has 1 aliphatic heterocycles. The van der Waals surface area contributed by atoms with E-state index < -0.39 is 0 Å². The summed E-state index contributed by atoms with van der Waals surface area (Å²) in [6.45, 7) is 5.96. The Morgan fingerprint density at radius 1 is 1.00 bits per heavy atom. The standard InChI is InChI=1S/C15H12O2.C2H6/c1-10-5-4-7-12-13(16)9-11-6-2-3-8-14(11)17-15(10)12;1-2/h2-8H,9H2,1H3;1-2H3. The van der Waals surface area contributed by atoms with Crippen LogP contribution >= 0.6 is 0 Å². The minimum atomic E-state index is 0.119. The maximum atomic E-state index is 12.1. The molecule has 1 aliphatic rings. The summed E-state index contributed by atoms with van der Waals surface area (Å²) >= 11 is 0. The minimum Gasteiger partial charge on any atom is -0.456 e. The third-order valence-electron chi connectivity index (χ3n) is 3.05. The summed E-state index contributed by atoms with van der Waals surface area (Å²) in [5.41, 5.74) is 2.63. The van der Waals surface area contributed by atoms with Crippen LogP contribution in [0.3, 0.4) is 0 Å². The molecule has 2 aromatic rings. The number of fused-ring (bicyclic) bond motifs is 2. The smallest absolute Gasteiger partial charge is 0.171 e. The van der Waals surface area contributed by atoms with E-state index in [9.17, 15) is 4.79 Å². The normalized spacial score (nSPS) is 12.3. The molecule has 2 aromatic carbocycles. The quantitative estimate of drug-likeness (QED) is 0.689. The summed E-state index contributed by atoms with van der Waals surface area (Å²) in [6, 6.07) is 13.4. The van der Waals surface area contributed by atoms with Crippen LogP contribution in [0.4, 0.5) is 0 Å². The van der Waals surface area contributed by atoms with Crippen molar-refractivity contribution in [3.8, 4) is 11.5 Å². The number of ketones is 1. The number of hydrogen-bond acceptors (Lipinski definition) is 2. The second kappa shape index (κ2) is 5.70. The van der Waals surface area contributed by atoms with Crippen molar-refractivity contribution < 1.29 is 9.53 Å². The van der Waals surface area contributed by atoms with Gasteiger partial charge >= 0.3 is 0 Å². The van der Waals surface area contributed by atoms with Gasteiger partial charge < -0.3 is 4.74 Å². The number of para-hydroxylation sites is 2. The van der Waals surface area contributed by atoms with Gasteiger partial charge in [-0.25, -0.2) is 0 Å². The Bertz CT molecular complexity index is 600. The van der Waals surface area contributed by atoms with Gasteiger partial charge in [0.05, 0.1) is 5.56 Å². The number of rotatable bonds is 0. The van der Waals surface area contributed by atoms with E-state index >= 15 is 0 Å². The van der Waals surface area contributed by atoms with Crippen LogP contribution in [0.5, 0.6) is 11.5 Å². The van der Waals surface area contributed by atoms with E-state index in [1.165, 1.54) is 0 Å². The molecule has 2 nitrogen and oxygen atoms in total. The third kappa shape index (κ3) is 2.53. The predicted molar refractivity (Wildman–Crippen MR) is 77.1 cm³/mol. The Balaban J connectivity index is 0.000000637. The van der Waals surface area contributed by atoms with Gasteiger partial charge in [-0.3, -0.25) is 4.79 Å². The van der Waals surface area contributed by atoms with Crippen molar-refractivity contribution in [2.24, 2.45) is 0 Å². The molecule has 0 aliphatic carbocycles. The average molecular weight is 254 g/mol. The minimum absolute atomic E-state index is 0.119. The molecule has 3 rings (SSSR count). The SMILES string of the molecule is CC.Cc1cccc2c1Oc1ccccc1CC2=O. The van der Waals surface area contributed by atoms with Crippen molar-refractivity contribution in [2.45, 2.75) is 27.2 Å². The second-order valence-corrected chi connectivity index (χ2v) is 4.26. The van der Waals surface area contributed by atoms with Crippen LogP contribution in [0, 0.1) is 6.92 Å². The number of aryl methyl sites for hydroxylation is 1. The van der Waals surface area contributed by atoms with Gasteiger partial charge in [-0.2, -0.15) is 0 Å². The van der Waals surface area contributed by atoms with E-state index in [1.807, 2.05) is 63.2 Å². The fourth-order valence-corrected chi connectivity index (χ4v) is 2.14. The van der Waals surface area contributed by atoms with Crippen molar-refractivity contribution in [3.05, 3.63) is 59.2 Å². The largest absolute Gasteiger partial charge is 0.456 e. The molecule has 0 saturated heterocycles. The predicted octanol–water partition coefficient (Wildman–Crippen LogP) is 4.55. The van der Waals surface area contributed by atoms with Crippen molar-refractivity contribution in [2.75, 3.05) is 0 Å². The van der Waals surface area contributed by atoms with Gasteiger partial charge in [-0.05, 0) is 24.6 Å². The van der Waals surface area contributed by atoms with E-state index in [2.05, 4.69) is 0 Å². The zero-order chi connectivity index (χ0) is 13.8. The Morgan fingerprint density at radius 3 is 2.53 bits per heavy atom. The lowest BCUT2D eigenvalue weighted by Crippen LogP contribution is -2.01. The van der Waals surface area contributed by atoms with E-state index in [0.717, 1.165) is 16.9 Å².